The molecule has 2 amide bonds. The molecule has 45 heavy (non-hydrogen) atoms. The summed E-state index contributed by atoms with van der Waals surface area (Å²) in [6.07, 6.45) is -6.89. The molecule has 4 rings (SSSR count). The van der Waals surface area contributed by atoms with E-state index >= 15 is 0 Å². The minimum absolute atomic E-state index is 0.0620. The molecule has 0 aromatic heterocycles. The number of esters is 1. The van der Waals surface area contributed by atoms with Crippen LogP contribution in [-0.4, -0.2) is 67.0 Å². The standard InChI is InChI=1S/C32H38F7N3O3/c1-19-13-26(33)9-10-27(19)28-18-41(17-21-5-7-22(8-6-21)29(43)45-4)11-12-42(28)30(44)40(3)20(2)23-14-24(31(34,35)36)16-25(15-23)32(37,38)39/h9-10,13-16,20-22,28H,5-8,11-12,17-18H2,1-4H3/t20-,21-,22-,28-/m1/s1. The summed E-state index contributed by atoms with van der Waals surface area (Å²) >= 11 is 0. The fourth-order valence-electron chi connectivity index (χ4n) is 6.44. The number of carbonyl (C=O) groups excluding carboxylic acids is 2. The van der Waals surface area contributed by atoms with E-state index in [0.717, 1.165) is 37.1 Å². The van der Waals surface area contributed by atoms with Crippen molar-refractivity contribution >= 4 is 12.0 Å². The van der Waals surface area contributed by atoms with Crippen molar-refractivity contribution in [2.24, 2.45) is 11.8 Å². The molecule has 0 spiro atoms. The molecule has 0 bridgehead atoms. The number of hydrogen-bond acceptors (Lipinski definition) is 4. The van der Waals surface area contributed by atoms with Crippen molar-refractivity contribution in [1.82, 2.24) is 14.7 Å². The number of amides is 2. The second kappa shape index (κ2) is 13.6. The van der Waals surface area contributed by atoms with Crippen LogP contribution in [0.1, 0.15) is 72.5 Å². The van der Waals surface area contributed by atoms with Crippen molar-refractivity contribution in [3.05, 3.63) is 70.0 Å². The molecule has 1 aliphatic heterocycles. The van der Waals surface area contributed by atoms with Gasteiger partial charge in [-0.15, -0.1) is 0 Å². The molecule has 0 N–H and O–H groups in total. The van der Waals surface area contributed by atoms with Gasteiger partial charge >= 0.3 is 24.4 Å². The predicted molar refractivity (Wildman–Crippen MR) is 153 cm³/mol. The van der Waals surface area contributed by atoms with Crippen LogP contribution in [0.15, 0.2) is 36.4 Å². The number of ether oxygens (including phenoxy) is 1. The second-order valence-electron chi connectivity index (χ2n) is 12.1. The van der Waals surface area contributed by atoms with Gasteiger partial charge in [-0.3, -0.25) is 9.69 Å². The van der Waals surface area contributed by atoms with Crippen LogP contribution in [0.25, 0.3) is 0 Å². The van der Waals surface area contributed by atoms with E-state index in [1.54, 1.807) is 17.9 Å². The third kappa shape index (κ3) is 8.09. The summed E-state index contributed by atoms with van der Waals surface area (Å²) in [6, 6.07) is 3.36. The van der Waals surface area contributed by atoms with Crippen LogP contribution in [0.2, 0.25) is 0 Å². The van der Waals surface area contributed by atoms with Gasteiger partial charge in [-0.25, -0.2) is 9.18 Å². The summed E-state index contributed by atoms with van der Waals surface area (Å²) in [5, 5.41) is 0. The van der Waals surface area contributed by atoms with Crippen LogP contribution in [-0.2, 0) is 21.9 Å². The maximum Gasteiger partial charge on any atom is 0.416 e. The molecule has 6 nitrogen and oxygen atoms in total. The van der Waals surface area contributed by atoms with Gasteiger partial charge in [-0.2, -0.15) is 26.3 Å². The maximum absolute atomic E-state index is 14.0. The van der Waals surface area contributed by atoms with Crippen LogP contribution < -0.4 is 0 Å². The molecule has 1 saturated heterocycles. The lowest BCUT2D eigenvalue weighted by Crippen LogP contribution is -2.54. The van der Waals surface area contributed by atoms with Crippen molar-refractivity contribution in [3.63, 3.8) is 0 Å². The Bertz CT molecular complexity index is 1340. The topological polar surface area (TPSA) is 53.1 Å². The van der Waals surface area contributed by atoms with Crippen LogP contribution in [0.3, 0.4) is 0 Å². The minimum Gasteiger partial charge on any atom is -0.469 e. The van der Waals surface area contributed by atoms with Crippen LogP contribution in [0, 0.1) is 24.6 Å². The summed E-state index contributed by atoms with van der Waals surface area (Å²) in [6.45, 7) is 4.96. The molecule has 2 fully saturated rings. The first-order valence-electron chi connectivity index (χ1n) is 14.9. The van der Waals surface area contributed by atoms with E-state index < -0.39 is 47.4 Å². The van der Waals surface area contributed by atoms with Gasteiger partial charge in [0.1, 0.15) is 5.82 Å². The summed E-state index contributed by atoms with van der Waals surface area (Å²) < 4.78 is 100. The lowest BCUT2D eigenvalue weighted by Gasteiger charge is -2.45. The molecule has 2 aromatic carbocycles. The Morgan fingerprint density at radius 1 is 0.956 bits per heavy atom. The molecule has 1 aliphatic carbocycles. The Morgan fingerprint density at radius 3 is 2.09 bits per heavy atom. The first-order chi connectivity index (χ1) is 21.0. The number of aryl methyl sites for hydroxylation is 1. The van der Waals surface area contributed by atoms with Crippen LogP contribution in [0.5, 0.6) is 0 Å². The Morgan fingerprint density at radius 2 is 1.56 bits per heavy atom. The van der Waals surface area contributed by atoms with Crippen molar-refractivity contribution < 1.29 is 45.1 Å². The molecule has 0 radical (unpaired) electrons. The van der Waals surface area contributed by atoms with E-state index in [4.69, 9.17) is 4.74 Å². The van der Waals surface area contributed by atoms with E-state index in [2.05, 4.69) is 4.90 Å². The molecule has 0 unspecified atom stereocenters. The highest BCUT2D eigenvalue weighted by Crippen LogP contribution is 2.39. The third-order valence-electron chi connectivity index (χ3n) is 9.17. The molecule has 248 valence electrons. The minimum atomic E-state index is -5.02. The molecule has 13 heteroatoms. The zero-order chi connectivity index (χ0) is 33.3. The SMILES string of the molecule is COC(=O)[C@H]1CC[C@H](CN2CCN(C(=O)N(C)[C@H](C)c3cc(C(F)(F)F)cc(C(F)(F)F)c3)[C@@H](c3ccc(F)cc3C)C2)CC1. The zero-order valence-electron chi connectivity index (χ0n) is 25.6. The van der Waals surface area contributed by atoms with Gasteiger partial charge in [0.05, 0.1) is 36.2 Å². The average Bonchev–Trinajstić information content (AvgIpc) is 2.99. The van der Waals surface area contributed by atoms with Crippen LogP contribution in [0.4, 0.5) is 35.5 Å². The van der Waals surface area contributed by atoms with Gasteiger partial charge in [0, 0.05) is 33.2 Å². The fraction of sp³-hybridized carbons (Fsp3) is 0.562. The summed E-state index contributed by atoms with van der Waals surface area (Å²) in [4.78, 5) is 30.8. The fourth-order valence-corrected chi connectivity index (χ4v) is 6.44. The van der Waals surface area contributed by atoms with E-state index in [9.17, 15) is 40.3 Å². The monoisotopic (exact) mass is 645 g/mol. The van der Waals surface area contributed by atoms with Gasteiger partial charge in [-0.05, 0) is 92.5 Å². The highest BCUT2D eigenvalue weighted by Gasteiger charge is 2.40. The first kappa shape index (κ1) is 34.5. The molecule has 2 atom stereocenters. The van der Waals surface area contributed by atoms with Gasteiger partial charge in [0.2, 0.25) is 0 Å². The largest absolute Gasteiger partial charge is 0.469 e. The predicted octanol–water partition coefficient (Wildman–Crippen LogP) is 7.62. The van der Waals surface area contributed by atoms with Gasteiger partial charge in [0.15, 0.2) is 0 Å². The molecule has 2 aliphatic rings. The van der Waals surface area contributed by atoms with Crippen molar-refractivity contribution in [3.8, 4) is 0 Å². The average molecular weight is 646 g/mol. The van der Waals surface area contributed by atoms with Gasteiger partial charge < -0.3 is 14.5 Å². The number of urea groups is 1. The van der Waals surface area contributed by atoms with Crippen molar-refractivity contribution in [1.29, 1.82) is 0 Å². The Balaban J connectivity index is 1.57. The van der Waals surface area contributed by atoms with Crippen molar-refractivity contribution in [2.45, 2.75) is 64.0 Å². The molecule has 2 aromatic rings. The Labute approximate surface area is 258 Å². The van der Waals surface area contributed by atoms with E-state index in [-0.39, 0.29) is 30.1 Å². The lowest BCUT2D eigenvalue weighted by molar-refractivity contribution is -0.147. The number of nitrogens with zero attached hydrogens (tertiary/aromatic N) is 3. The Kier molecular flexibility index (Phi) is 10.4. The maximum atomic E-state index is 14.0. The van der Waals surface area contributed by atoms with Gasteiger partial charge in [0.25, 0.3) is 0 Å². The first-order valence-corrected chi connectivity index (χ1v) is 14.9. The van der Waals surface area contributed by atoms with Gasteiger partial charge in [-0.1, -0.05) is 6.07 Å². The smallest absolute Gasteiger partial charge is 0.416 e. The van der Waals surface area contributed by atoms with Crippen molar-refractivity contribution in [2.75, 3.05) is 40.3 Å². The highest BCUT2D eigenvalue weighted by atomic mass is 19.4. The summed E-state index contributed by atoms with van der Waals surface area (Å²) in [5.41, 5.74) is -1.89. The summed E-state index contributed by atoms with van der Waals surface area (Å²) in [5.74, 6) is -0.433. The zero-order valence-corrected chi connectivity index (χ0v) is 25.6. The number of carbonyl (C=O) groups is 2. The van der Waals surface area contributed by atoms with Crippen LogP contribution >= 0.6 is 0 Å². The normalized spacial score (nSPS) is 22.2. The number of benzene rings is 2. The molecular formula is C32H38F7N3O3. The number of methoxy groups -OCH3 is 1. The molecular weight excluding hydrogens is 607 g/mol. The van der Waals surface area contributed by atoms with E-state index in [1.165, 1.54) is 33.2 Å². The number of hydrogen-bond donors (Lipinski definition) is 0. The molecule has 1 heterocycles. The molecule has 1 saturated carbocycles. The number of alkyl halides is 6. The summed E-state index contributed by atoms with van der Waals surface area (Å²) in [7, 11) is 2.73. The third-order valence-corrected chi connectivity index (χ3v) is 9.17. The highest BCUT2D eigenvalue weighted by molar-refractivity contribution is 5.75. The number of halogens is 7. The second-order valence-corrected chi connectivity index (χ2v) is 12.1. The lowest BCUT2D eigenvalue weighted by atomic mass is 9.81. The number of rotatable bonds is 6. The quantitative estimate of drug-likeness (QED) is 0.240. The number of piperazine rings is 1. The van der Waals surface area contributed by atoms with E-state index in [1.807, 2.05) is 0 Å². The Hall–Kier alpha value is -3.35. The van der Waals surface area contributed by atoms with E-state index in [0.29, 0.717) is 42.3 Å².